The van der Waals surface area contributed by atoms with Gasteiger partial charge < -0.3 is 9.73 Å². The molecule has 0 aliphatic heterocycles. The van der Waals surface area contributed by atoms with Crippen LogP contribution in [0.25, 0.3) is 0 Å². The highest BCUT2D eigenvalue weighted by Crippen LogP contribution is 2.26. The molecule has 0 spiro atoms. The van der Waals surface area contributed by atoms with Gasteiger partial charge in [0.2, 0.25) is 0 Å². The second-order valence-electron chi connectivity index (χ2n) is 3.49. The number of para-hydroxylation sites is 1. The summed E-state index contributed by atoms with van der Waals surface area (Å²) in [6.45, 7) is 2.64. The highest BCUT2D eigenvalue weighted by atomic mass is 79.9. The summed E-state index contributed by atoms with van der Waals surface area (Å²) in [6, 6.07) is 9.62. The maximum atomic E-state index is 6.10. The summed E-state index contributed by atoms with van der Waals surface area (Å²) >= 11 is 9.37. The predicted octanol–water partition coefficient (Wildman–Crippen LogP) is 4.62. The van der Waals surface area contributed by atoms with Crippen LogP contribution in [0.15, 0.2) is 39.4 Å². The topological polar surface area (TPSA) is 25.2 Å². The number of rotatable bonds is 3. The van der Waals surface area contributed by atoms with Gasteiger partial charge in [0.05, 0.1) is 17.3 Å². The Hall–Kier alpha value is -0.930. The van der Waals surface area contributed by atoms with Gasteiger partial charge in [-0.2, -0.15) is 0 Å². The van der Waals surface area contributed by atoms with E-state index in [2.05, 4.69) is 21.2 Å². The summed E-state index contributed by atoms with van der Waals surface area (Å²) in [6.07, 6.45) is 0. The molecular formula is C12H11BrClNO. The fourth-order valence-electron chi connectivity index (χ4n) is 1.48. The Bertz CT molecular complexity index is 475. The van der Waals surface area contributed by atoms with Crippen molar-refractivity contribution in [2.75, 3.05) is 5.32 Å². The number of aryl methyl sites for hydroxylation is 1. The molecule has 0 aliphatic rings. The lowest BCUT2D eigenvalue weighted by atomic mass is 10.2. The molecule has 0 fully saturated rings. The molecule has 84 valence electrons. The van der Waals surface area contributed by atoms with Crippen LogP contribution in [0.2, 0.25) is 5.02 Å². The van der Waals surface area contributed by atoms with Crippen molar-refractivity contribution in [3.8, 4) is 0 Å². The standard InChI is InChI=1S/C12H11BrClNO/c1-8-3-2-4-10(14)12(8)15-7-9-5-6-11(13)16-9/h2-6,15H,7H2,1H3. The van der Waals surface area contributed by atoms with E-state index in [-0.39, 0.29) is 0 Å². The van der Waals surface area contributed by atoms with Crippen molar-refractivity contribution in [1.82, 2.24) is 0 Å². The summed E-state index contributed by atoms with van der Waals surface area (Å²) in [4.78, 5) is 0. The second kappa shape index (κ2) is 4.93. The van der Waals surface area contributed by atoms with Crippen LogP contribution in [0.3, 0.4) is 0 Å². The molecule has 0 bridgehead atoms. The summed E-state index contributed by atoms with van der Waals surface area (Å²) < 4.78 is 6.13. The summed E-state index contributed by atoms with van der Waals surface area (Å²) in [7, 11) is 0. The zero-order chi connectivity index (χ0) is 11.5. The average Bonchev–Trinajstić information content (AvgIpc) is 2.63. The summed E-state index contributed by atoms with van der Waals surface area (Å²) in [5.41, 5.74) is 2.08. The van der Waals surface area contributed by atoms with E-state index in [1.807, 2.05) is 37.3 Å². The third kappa shape index (κ3) is 2.60. The number of hydrogen-bond acceptors (Lipinski definition) is 2. The molecule has 1 aromatic carbocycles. The van der Waals surface area contributed by atoms with Crippen LogP contribution in [-0.2, 0) is 6.54 Å². The van der Waals surface area contributed by atoms with E-state index in [0.717, 1.165) is 26.7 Å². The lowest BCUT2D eigenvalue weighted by Crippen LogP contribution is -2.00. The molecule has 2 nitrogen and oxygen atoms in total. The molecule has 0 atom stereocenters. The predicted molar refractivity (Wildman–Crippen MR) is 69.9 cm³/mol. The van der Waals surface area contributed by atoms with Gasteiger partial charge in [-0.25, -0.2) is 0 Å². The van der Waals surface area contributed by atoms with E-state index in [1.54, 1.807) is 0 Å². The van der Waals surface area contributed by atoms with Gasteiger partial charge in [0.1, 0.15) is 5.76 Å². The van der Waals surface area contributed by atoms with E-state index >= 15 is 0 Å². The third-order valence-corrected chi connectivity index (χ3v) is 3.03. The number of anilines is 1. The van der Waals surface area contributed by atoms with Crippen LogP contribution < -0.4 is 5.32 Å². The second-order valence-corrected chi connectivity index (χ2v) is 4.68. The minimum Gasteiger partial charge on any atom is -0.452 e. The molecule has 0 unspecified atom stereocenters. The molecule has 1 aromatic heterocycles. The fourth-order valence-corrected chi connectivity index (χ4v) is 2.11. The van der Waals surface area contributed by atoms with Crippen molar-refractivity contribution in [1.29, 1.82) is 0 Å². The summed E-state index contributed by atoms with van der Waals surface area (Å²) in [5.74, 6) is 0.867. The molecule has 0 amide bonds. The van der Waals surface area contributed by atoms with Gasteiger partial charge in [-0.15, -0.1) is 0 Å². The van der Waals surface area contributed by atoms with E-state index in [4.69, 9.17) is 16.0 Å². The average molecular weight is 301 g/mol. The van der Waals surface area contributed by atoms with E-state index in [0.29, 0.717) is 6.54 Å². The maximum Gasteiger partial charge on any atom is 0.169 e. The first-order valence-corrected chi connectivity index (χ1v) is 6.07. The van der Waals surface area contributed by atoms with Crippen LogP contribution in [-0.4, -0.2) is 0 Å². The first-order valence-electron chi connectivity index (χ1n) is 4.90. The highest BCUT2D eigenvalue weighted by molar-refractivity contribution is 9.10. The molecule has 16 heavy (non-hydrogen) atoms. The van der Waals surface area contributed by atoms with Gasteiger partial charge in [0.25, 0.3) is 0 Å². The van der Waals surface area contributed by atoms with Crippen LogP contribution in [0, 0.1) is 6.92 Å². The number of nitrogens with one attached hydrogen (secondary N) is 1. The van der Waals surface area contributed by atoms with Crippen molar-refractivity contribution >= 4 is 33.2 Å². The van der Waals surface area contributed by atoms with E-state index < -0.39 is 0 Å². The van der Waals surface area contributed by atoms with Gasteiger partial charge in [0.15, 0.2) is 4.67 Å². The minimum absolute atomic E-state index is 0.621. The Morgan fingerprint density at radius 1 is 1.31 bits per heavy atom. The number of halogens is 2. The Morgan fingerprint density at radius 3 is 2.75 bits per heavy atom. The van der Waals surface area contributed by atoms with Crippen molar-refractivity contribution < 1.29 is 4.42 Å². The normalized spacial score (nSPS) is 10.4. The van der Waals surface area contributed by atoms with Crippen molar-refractivity contribution in [2.45, 2.75) is 13.5 Å². The Labute approximate surface area is 108 Å². The monoisotopic (exact) mass is 299 g/mol. The first kappa shape index (κ1) is 11.6. The Kier molecular flexibility index (Phi) is 3.56. The highest BCUT2D eigenvalue weighted by Gasteiger charge is 2.04. The molecule has 2 aromatic rings. The molecule has 1 N–H and O–H groups in total. The summed E-state index contributed by atoms with van der Waals surface area (Å²) in [5, 5.41) is 3.99. The number of furan rings is 1. The molecule has 0 saturated carbocycles. The smallest absolute Gasteiger partial charge is 0.169 e. The lowest BCUT2D eigenvalue weighted by Gasteiger charge is -2.09. The van der Waals surface area contributed by atoms with Crippen molar-refractivity contribution in [3.05, 3.63) is 51.3 Å². The van der Waals surface area contributed by atoms with Gasteiger partial charge in [-0.1, -0.05) is 23.7 Å². The zero-order valence-corrected chi connectivity index (χ0v) is 11.1. The number of benzene rings is 1. The maximum absolute atomic E-state index is 6.10. The SMILES string of the molecule is Cc1cccc(Cl)c1NCc1ccc(Br)o1. The Balaban J connectivity index is 2.10. The van der Waals surface area contributed by atoms with Crippen LogP contribution >= 0.6 is 27.5 Å². The molecule has 0 radical (unpaired) electrons. The number of hydrogen-bond donors (Lipinski definition) is 1. The van der Waals surface area contributed by atoms with Crippen LogP contribution in [0.5, 0.6) is 0 Å². The molecule has 2 rings (SSSR count). The van der Waals surface area contributed by atoms with E-state index in [1.165, 1.54) is 0 Å². The Morgan fingerprint density at radius 2 is 2.12 bits per heavy atom. The van der Waals surface area contributed by atoms with E-state index in [9.17, 15) is 0 Å². The molecule has 4 heteroatoms. The van der Waals surface area contributed by atoms with Crippen molar-refractivity contribution in [2.24, 2.45) is 0 Å². The van der Waals surface area contributed by atoms with Gasteiger partial charge in [-0.3, -0.25) is 0 Å². The lowest BCUT2D eigenvalue weighted by molar-refractivity contribution is 0.495. The van der Waals surface area contributed by atoms with Crippen LogP contribution in [0.1, 0.15) is 11.3 Å². The molecule has 0 aliphatic carbocycles. The first-order chi connectivity index (χ1) is 7.66. The minimum atomic E-state index is 0.621. The van der Waals surface area contributed by atoms with Crippen LogP contribution in [0.4, 0.5) is 5.69 Å². The van der Waals surface area contributed by atoms with Crippen molar-refractivity contribution in [3.63, 3.8) is 0 Å². The molecular weight excluding hydrogens is 289 g/mol. The van der Waals surface area contributed by atoms with Gasteiger partial charge >= 0.3 is 0 Å². The third-order valence-electron chi connectivity index (χ3n) is 2.29. The fraction of sp³-hybridized carbons (Fsp3) is 0.167. The van der Waals surface area contributed by atoms with Gasteiger partial charge in [-0.05, 0) is 46.6 Å². The molecule has 1 heterocycles. The molecule has 0 saturated heterocycles. The van der Waals surface area contributed by atoms with Gasteiger partial charge in [0, 0.05) is 0 Å². The zero-order valence-electron chi connectivity index (χ0n) is 8.76. The quantitative estimate of drug-likeness (QED) is 0.895. The largest absolute Gasteiger partial charge is 0.452 e.